The summed E-state index contributed by atoms with van der Waals surface area (Å²) in [5.41, 5.74) is 0.00460. The number of ether oxygens (including phenoxy) is 2. The molecular weight excluding hydrogens is 349 g/mol. The number of benzene rings is 1. The highest BCUT2D eigenvalue weighted by Crippen LogP contribution is 2.38. The van der Waals surface area contributed by atoms with Gasteiger partial charge in [0.05, 0.1) is 13.0 Å². The van der Waals surface area contributed by atoms with Crippen LogP contribution in [-0.4, -0.2) is 31.8 Å². The maximum atomic E-state index is 13.1. The molecule has 0 bridgehead atoms. The third-order valence-electron chi connectivity index (χ3n) is 4.14. The molecule has 25 heavy (non-hydrogen) atoms. The van der Waals surface area contributed by atoms with Gasteiger partial charge in [0.2, 0.25) is 0 Å². The van der Waals surface area contributed by atoms with Gasteiger partial charge in [-0.2, -0.15) is 22.0 Å². The highest BCUT2D eigenvalue weighted by molar-refractivity contribution is 5.95. The molecule has 1 aromatic carbocycles. The van der Waals surface area contributed by atoms with Crippen molar-refractivity contribution in [1.82, 2.24) is 5.32 Å². The molecule has 1 aliphatic carbocycles. The molecule has 4 nitrogen and oxygen atoms in total. The average Bonchev–Trinajstić information content (AvgIpc) is 2.54. The highest BCUT2D eigenvalue weighted by Gasteiger charge is 2.46. The van der Waals surface area contributed by atoms with Crippen LogP contribution >= 0.6 is 0 Å². The number of hydrogen-bond acceptors (Lipinski definition) is 3. The summed E-state index contributed by atoms with van der Waals surface area (Å²) in [7, 11) is 1.20. The van der Waals surface area contributed by atoms with Crippen molar-refractivity contribution in [3.63, 3.8) is 0 Å². The van der Waals surface area contributed by atoms with E-state index in [2.05, 4.69) is 10.1 Å². The van der Waals surface area contributed by atoms with E-state index in [1.807, 2.05) is 0 Å². The zero-order valence-corrected chi connectivity index (χ0v) is 13.4. The summed E-state index contributed by atoms with van der Waals surface area (Å²) >= 11 is 0. The maximum absolute atomic E-state index is 13.1. The van der Waals surface area contributed by atoms with Gasteiger partial charge in [-0.3, -0.25) is 4.79 Å². The molecule has 0 radical (unpaired) electrons. The van der Waals surface area contributed by atoms with Crippen molar-refractivity contribution >= 4 is 5.91 Å². The molecule has 1 N–H and O–H groups in total. The highest BCUT2D eigenvalue weighted by atomic mass is 19.4. The van der Waals surface area contributed by atoms with Gasteiger partial charge in [0, 0.05) is 11.6 Å². The first-order chi connectivity index (χ1) is 11.7. The predicted molar refractivity (Wildman–Crippen MR) is 78.9 cm³/mol. The fraction of sp³-hybridized carbons (Fsp3) is 0.562. The third kappa shape index (κ3) is 4.96. The second-order valence-electron chi connectivity index (χ2n) is 5.76. The molecule has 0 spiro atoms. The van der Waals surface area contributed by atoms with Crippen LogP contribution in [-0.2, 0) is 0 Å². The molecule has 0 unspecified atom stereocenters. The second kappa shape index (κ2) is 7.88. The normalized spacial score (nSPS) is 21.1. The molecule has 2 atom stereocenters. The number of hydrogen-bond donors (Lipinski definition) is 1. The van der Waals surface area contributed by atoms with E-state index in [1.165, 1.54) is 13.2 Å². The summed E-state index contributed by atoms with van der Waals surface area (Å²) in [6.45, 7) is -3.07. The molecule has 1 aromatic rings. The second-order valence-corrected chi connectivity index (χ2v) is 5.76. The predicted octanol–water partition coefficient (Wildman–Crippen LogP) is 4.15. The summed E-state index contributed by atoms with van der Waals surface area (Å²) in [6, 6.07) is 2.45. The average molecular weight is 367 g/mol. The van der Waals surface area contributed by atoms with Crippen LogP contribution in [0, 0.1) is 5.92 Å². The molecule has 2 rings (SSSR count). The number of alkyl halides is 5. The van der Waals surface area contributed by atoms with E-state index >= 15 is 0 Å². The number of methoxy groups -OCH3 is 1. The molecule has 1 amide bonds. The molecular formula is C16H18F5NO3. The van der Waals surface area contributed by atoms with Crippen molar-refractivity contribution in [1.29, 1.82) is 0 Å². The summed E-state index contributed by atoms with van der Waals surface area (Å²) in [4.78, 5) is 12.3. The lowest BCUT2D eigenvalue weighted by atomic mass is 9.84. The smallest absolute Gasteiger partial charge is 0.393 e. The Balaban J connectivity index is 2.14. The molecule has 0 heterocycles. The molecule has 1 saturated carbocycles. The van der Waals surface area contributed by atoms with Crippen molar-refractivity contribution in [3.8, 4) is 11.5 Å². The molecule has 1 fully saturated rings. The fourth-order valence-electron chi connectivity index (χ4n) is 2.95. The van der Waals surface area contributed by atoms with Crippen LogP contribution in [0.15, 0.2) is 18.2 Å². The number of rotatable bonds is 5. The Morgan fingerprint density at radius 3 is 2.48 bits per heavy atom. The van der Waals surface area contributed by atoms with Crippen LogP contribution < -0.4 is 14.8 Å². The first-order valence-corrected chi connectivity index (χ1v) is 7.72. The van der Waals surface area contributed by atoms with Crippen LogP contribution in [0.1, 0.15) is 36.0 Å². The van der Waals surface area contributed by atoms with Crippen LogP contribution in [0.2, 0.25) is 0 Å². The maximum Gasteiger partial charge on any atom is 0.393 e. The van der Waals surface area contributed by atoms with E-state index in [1.54, 1.807) is 0 Å². The van der Waals surface area contributed by atoms with E-state index in [9.17, 15) is 26.7 Å². The lowest BCUT2D eigenvalue weighted by molar-refractivity contribution is -0.187. The fourth-order valence-corrected chi connectivity index (χ4v) is 2.95. The molecule has 0 saturated heterocycles. The van der Waals surface area contributed by atoms with E-state index in [0.717, 1.165) is 12.1 Å². The number of nitrogens with one attached hydrogen (secondary N) is 1. The van der Waals surface area contributed by atoms with Gasteiger partial charge in [-0.15, -0.1) is 0 Å². The number of carbonyl (C=O) groups is 1. The van der Waals surface area contributed by atoms with Crippen molar-refractivity contribution < 1.29 is 36.2 Å². The first-order valence-electron chi connectivity index (χ1n) is 7.72. The van der Waals surface area contributed by atoms with Gasteiger partial charge in [-0.05, 0) is 31.0 Å². The molecule has 0 aromatic heterocycles. The summed E-state index contributed by atoms with van der Waals surface area (Å²) in [6.07, 6.45) is -3.12. The number of carbonyl (C=O) groups excluding carboxylic acids is 1. The minimum atomic E-state index is -4.38. The summed E-state index contributed by atoms with van der Waals surface area (Å²) < 4.78 is 73.0. The first kappa shape index (κ1) is 19.3. The Hall–Kier alpha value is -2.06. The van der Waals surface area contributed by atoms with Gasteiger partial charge in [-0.1, -0.05) is 12.8 Å². The monoisotopic (exact) mass is 367 g/mol. The zero-order chi connectivity index (χ0) is 18.6. The van der Waals surface area contributed by atoms with E-state index in [4.69, 9.17) is 4.74 Å². The van der Waals surface area contributed by atoms with Crippen LogP contribution in [0.5, 0.6) is 11.5 Å². The van der Waals surface area contributed by atoms with E-state index in [-0.39, 0.29) is 29.9 Å². The van der Waals surface area contributed by atoms with Gasteiger partial charge in [0.1, 0.15) is 0 Å². The lowest BCUT2D eigenvalue weighted by Gasteiger charge is -2.33. The summed E-state index contributed by atoms with van der Waals surface area (Å²) in [5, 5.41) is 2.40. The summed E-state index contributed by atoms with van der Waals surface area (Å²) in [5.74, 6) is -2.68. The van der Waals surface area contributed by atoms with Gasteiger partial charge < -0.3 is 14.8 Å². The van der Waals surface area contributed by atoms with Crippen LogP contribution in [0.25, 0.3) is 0 Å². The Bertz CT molecular complexity index is 606. The largest absolute Gasteiger partial charge is 0.493 e. The zero-order valence-electron chi connectivity index (χ0n) is 13.4. The lowest BCUT2D eigenvalue weighted by Crippen LogP contribution is -2.47. The molecule has 0 aliphatic heterocycles. The van der Waals surface area contributed by atoms with Crippen molar-refractivity contribution in [2.45, 2.75) is 44.5 Å². The minimum Gasteiger partial charge on any atom is -0.493 e. The Kier molecular flexibility index (Phi) is 6.07. The van der Waals surface area contributed by atoms with Gasteiger partial charge in [-0.25, -0.2) is 0 Å². The van der Waals surface area contributed by atoms with Crippen molar-refractivity contribution in [3.05, 3.63) is 23.8 Å². The van der Waals surface area contributed by atoms with Gasteiger partial charge in [0.25, 0.3) is 5.91 Å². The van der Waals surface area contributed by atoms with Gasteiger partial charge in [0.15, 0.2) is 11.5 Å². The number of amides is 1. The standard InChI is InChI=1S/C16H18F5NO3/c1-24-13-8-9(6-7-12(13)25-15(17)18)14(23)22-11-5-3-2-4-10(11)16(19,20)21/h6-8,10-11,15H,2-5H2,1H3,(H,22,23)/t10-,11+/m1/s1. The molecule has 140 valence electrons. The Morgan fingerprint density at radius 2 is 1.88 bits per heavy atom. The Labute approximate surface area is 141 Å². The third-order valence-corrected chi connectivity index (χ3v) is 4.14. The topological polar surface area (TPSA) is 47.6 Å². The SMILES string of the molecule is COc1cc(C(=O)N[C@H]2CCCC[C@H]2C(F)(F)F)ccc1OC(F)F. The van der Waals surface area contributed by atoms with Crippen molar-refractivity contribution in [2.24, 2.45) is 5.92 Å². The van der Waals surface area contributed by atoms with E-state index in [0.29, 0.717) is 12.8 Å². The number of halogens is 5. The molecule has 1 aliphatic rings. The van der Waals surface area contributed by atoms with Crippen LogP contribution in [0.3, 0.4) is 0 Å². The van der Waals surface area contributed by atoms with E-state index < -0.39 is 30.7 Å². The van der Waals surface area contributed by atoms with Gasteiger partial charge >= 0.3 is 12.8 Å². The van der Waals surface area contributed by atoms with Crippen molar-refractivity contribution in [2.75, 3.05) is 7.11 Å². The van der Waals surface area contributed by atoms with Crippen LogP contribution in [0.4, 0.5) is 22.0 Å². The quantitative estimate of drug-likeness (QED) is 0.796. The molecule has 9 heteroatoms. The minimum absolute atomic E-state index is 0.00460. The Morgan fingerprint density at radius 1 is 1.20 bits per heavy atom.